The third-order valence-corrected chi connectivity index (χ3v) is 21.9. The summed E-state index contributed by atoms with van der Waals surface area (Å²) in [6.45, 7) is 0. The van der Waals surface area contributed by atoms with Crippen LogP contribution in [0, 0.1) is 0 Å². The highest BCUT2D eigenvalue weighted by Gasteiger charge is 2.28. The quantitative estimate of drug-likeness (QED) is 0.129. The maximum atomic E-state index is 7.08. The molecule has 20 rings (SSSR count). The highest BCUT2D eigenvalue weighted by Crippen LogP contribution is 2.54. The smallest absolute Gasteiger partial charge is 0.137 e. The molecule has 0 spiro atoms. The minimum absolute atomic E-state index is 0.835. The van der Waals surface area contributed by atoms with E-state index in [0.29, 0.717) is 0 Å². The summed E-state index contributed by atoms with van der Waals surface area (Å²) in [4.78, 5) is 4.58. The zero-order valence-corrected chi connectivity index (χ0v) is 53.9. The topological polar surface area (TPSA) is 37.7 Å². The Balaban J connectivity index is 0.851. The molecule has 5 aromatic heterocycles. The Hall–Kier alpha value is -12.3. The van der Waals surface area contributed by atoms with Crippen LogP contribution in [0.5, 0.6) is 0 Å². The average Bonchev–Trinajstić information content (AvgIpc) is 1.53. The Labute approximate surface area is 566 Å². The van der Waals surface area contributed by atoms with Gasteiger partial charge in [0.25, 0.3) is 0 Å². The van der Waals surface area contributed by atoms with Crippen LogP contribution in [0.2, 0.25) is 0 Å². The molecule has 15 aromatic carbocycles. The van der Waals surface area contributed by atoms with E-state index in [0.717, 1.165) is 139 Å². The molecule has 0 aliphatic carbocycles. The number of hydrogen-bond acceptors (Lipinski definition) is 6. The number of hydrogen-bond donors (Lipinski definition) is 0. The molecule has 0 atom stereocenters. The molecule has 0 fully saturated rings. The molecular formula is C90H55N3O2S2. The summed E-state index contributed by atoms with van der Waals surface area (Å²) in [6.07, 6.45) is 0. The van der Waals surface area contributed by atoms with Crippen molar-refractivity contribution in [1.82, 2.24) is 4.57 Å². The molecular weight excluding hydrogens is 1220 g/mol. The molecule has 5 nitrogen and oxygen atoms in total. The number of furan rings is 2. The first-order valence-corrected chi connectivity index (χ1v) is 34.5. The van der Waals surface area contributed by atoms with Crippen molar-refractivity contribution in [2.45, 2.75) is 0 Å². The monoisotopic (exact) mass is 1270 g/mol. The standard InChI is InChI=1S/C90H55N3O2S2/c1-7-23-56(24-8-1)60-47-61(57-25-9-2-10-26-57)49-68(48-60)93-77-54-75(58-39-43-69-71-45-41-66(52-81(71)94-79(69)50-58)91(62-27-11-3-12-28-62)63-29-13-4-14-30-63)85-73-35-19-21-37-83(73)96-89(85)87(77)88-78(93)55-76(86-74-36-20-22-38-84(74)97-90(86)88)59-40-44-70-72-46-42-67(53-82(72)95-80(70)51-59)92(64-31-15-5-16-32-64)65-33-17-6-18-34-65/h1-55H. The van der Waals surface area contributed by atoms with Gasteiger partial charge in [-0.2, -0.15) is 0 Å². The van der Waals surface area contributed by atoms with Crippen molar-refractivity contribution < 1.29 is 8.83 Å². The van der Waals surface area contributed by atoms with Crippen LogP contribution < -0.4 is 9.80 Å². The molecule has 0 aliphatic heterocycles. The fourth-order valence-electron chi connectivity index (χ4n) is 15.2. The van der Waals surface area contributed by atoms with Gasteiger partial charge in [-0.15, -0.1) is 22.7 Å². The number of nitrogens with zero attached hydrogens (tertiary/aromatic N) is 3. The summed E-state index contributed by atoms with van der Waals surface area (Å²) in [5.41, 5.74) is 22.1. The highest BCUT2D eigenvalue weighted by atomic mass is 32.1. The van der Waals surface area contributed by atoms with Gasteiger partial charge >= 0.3 is 0 Å². The van der Waals surface area contributed by atoms with Crippen molar-refractivity contribution in [2.24, 2.45) is 0 Å². The third kappa shape index (κ3) is 8.97. The van der Waals surface area contributed by atoms with Gasteiger partial charge in [-0.1, -0.05) is 182 Å². The van der Waals surface area contributed by atoms with Crippen LogP contribution in [-0.2, 0) is 0 Å². The molecule has 7 heteroatoms. The summed E-state index contributed by atoms with van der Waals surface area (Å²) in [5, 5.41) is 11.7. The number of para-hydroxylation sites is 4. The lowest BCUT2D eigenvalue weighted by Gasteiger charge is -2.25. The van der Waals surface area contributed by atoms with E-state index in [4.69, 9.17) is 8.83 Å². The van der Waals surface area contributed by atoms with Gasteiger partial charge in [0.1, 0.15) is 22.3 Å². The average molecular weight is 1270 g/mol. The van der Waals surface area contributed by atoms with E-state index in [-0.39, 0.29) is 0 Å². The van der Waals surface area contributed by atoms with Crippen LogP contribution in [0.4, 0.5) is 34.1 Å². The third-order valence-electron chi connectivity index (χ3n) is 19.5. The summed E-state index contributed by atoms with van der Waals surface area (Å²) in [7, 11) is 0. The Bertz CT molecular complexity index is 6020. The van der Waals surface area contributed by atoms with Crippen LogP contribution in [0.3, 0.4) is 0 Å². The molecule has 0 N–H and O–H groups in total. The van der Waals surface area contributed by atoms with Crippen LogP contribution >= 0.6 is 22.7 Å². The van der Waals surface area contributed by atoms with Crippen LogP contribution in [0.25, 0.3) is 156 Å². The summed E-state index contributed by atoms with van der Waals surface area (Å²) in [5.74, 6) is 0. The molecule has 0 unspecified atom stereocenters. The first-order chi connectivity index (χ1) is 48.1. The Morgan fingerprint density at radius 3 is 0.969 bits per heavy atom. The number of thiophene rings is 2. The van der Waals surface area contributed by atoms with Gasteiger partial charge in [0.05, 0.1) is 11.0 Å². The number of fused-ring (bicyclic) bond motifs is 17. The Morgan fingerprint density at radius 2 is 0.577 bits per heavy atom. The number of rotatable bonds is 11. The molecule has 0 aliphatic rings. The van der Waals surface area contributed by atoms with Gasteiger partial charge in [0.15, 0.2) is 0 Å². The predicted octanol–water partition coefficient (Wildman–Crippen LogP) is 26.9. The van der Waals surface area contributed by atoms with Crippen molar-refractivity contribution >= 4 is 163 Å². The van der Waals surface area contributed by atoms with Gasteiger partial charge in [-0.25, -0.2) is 0 Å². The lowest BCUT2D eigenvalue weighted by atomic mass is 9.94. The maximum Gasteiger partial charge on any atom is 0.137 e. The van der Waals surface area contributed by atoms with Crippen LogP contribution in [0.1, 0.15) is 0 Å². The Kier molecular flexibility index (Phi) is 12.6. The summed E-state index contributed by atoms with van der Waals surface area (Å²) in [6, 6.07) is 121. The van der Waals surface area contributed by atoms with E-state index in [2.05, 4.69) is 348 Å². The summed E-state index contributed by atoms with van der Waals surface area (Å²) >= 11 is 3.80. The van der Waals surface area contributed by atoms with Crippen molar-refractivity contribution in [3.05, 3.63) is 334 Å². The minimum Gasteiger partial charge on any atom is -0.456 e. The second-order valence-electron chi connectivity index (χ2n) is 25.1. The van der Waals surface area contributed by atoms with Gasteiger partial charge < -0.3 is 23.2 Å². The fraction of sp³-hybridized carbons (Fsp3) is 0. The molecule has 20 aromatic rings. The first kappa shape index (κ1) is 55.2. The number of benzene rings is 15. The van der Waals surface area contributed by atoms with Crippen molar-refractivity contribution in [2.75, 3.05) is 9.80 Å². The minimum atomic E-state index is 0.835. The molecule has 97 heavy (non-hydrogen) atoms. The second-order valence-corrected chi connectivity index (χ2v) is 27.2. The molecule has 5 heterocycles. The predicted molar refractivity (Wildman–Crippen MR) is 412 cm³/mol. The van der Waals surface area contributed by atoms with Crippen molar-refractivity contribution in [3.63, 3.8) is 0 Å². The SMILES string of the molecule is c1ccc(-c2cc(-c3ccccc3)cc(-n3c4cc(-c5ccc6c(c5)oc5cc(N(c7ccccc7)c7ccccc7)ccc56)c5c6ccccc6sc5c4c4c5sc6ccccc6c5c(-c5ccc6c(c5)oc5cc(N(c7ccccc7)c7ccccc7)ccc56)cc43)c2)cc1. The van der Waals surface area contributed by atoms with Gasteiger partial charge in [0, 0.05) is 125 Å². The van der Waals surface area contributed by atoms with E-state index in [9.17, 15) is 0 Å². The first-order valence-electron chi connectivity index (χ1n) is 32.9. The molecule has 0 saturated heterocycles. The van der Waals surface area contributed by atoms with Gasteiger partial charge in [-0.3, -0.25) is 0 Å². The van der Waals surface area contributed by atoms with Gasteiger partial charge in [-0.05, 0) is 184 Å². The molecule has 454 valence electrons. The van der Waals surface area contributed by atoms with E-state index in [1.54, 1.807) is 0 Å². The lowest BCUT2D eigenvalue weighted by molar-refractivity contribution is 0.668. The Morgan fingerprint density at radius 1 is 0.237 bits per heavy atom. The maximum absolute atomic E-state index is 7.08. The molecule has 0 amide bonds. The molecule has 0 radical (unpaired) electrons. The lowest BCUT2D eigenvalue weighted by Crippen LogP contribution is -2.09. The zero-order chi connectivity index (χ0) is 63.7. The fourth-order valence-corrected chi connectivity index (χ4v) is 17.7. The molecule has 0 saturated carbocycles. The van der Waals surface area contributed by atoms with E-state index >= 15 is 0 Å². The second kappa shape index (κ2) is 22.2. The highest BCUT2D eigenvalue weighted by molar-refractivity contribution is 7.28. The van der Waals surface area contributed by atoms with Crippen molar-refractivity contribution in [1.29, 1.82) is 0 Å². The number of aromatic nitrogens is 1. The molecule has 0 bridgehead atoms. The largest absolute Gasteiger partial charge is 0.456 e. The van der Waals surface area contributed by atoms with E-state index in [1.165, 1.54) is 51.1 Å². The van der Waals surface area contributed by atoms with Crippen LogP contribution in [0.15, 0.2) is 342 Å². The zero-order valence-electron chi connectivity index (χ0n) is 52.2. The van der Waals surface area contributed by atoms with Gasteiger partial charge in [0.2, 0.25) is 0 Å². The normalized spacial score (nSPS) is 11.9. The number of anilines is 6. The van der Waals surface area contributed by atoms with Crippen LogP contribution in [-0.4, -0.2) is 4.57 Å². The van der Waals surface area contributed by atoms with E-state index < -0.39 is 0 Å². The van der Waals surface area contributed by atoms with E-state index in [1.807, 2.05) is 22.7 Å². The van der Waals surface area contributed by atoms with Crippen molar-refractivity contribution in [3.8, 4) is 50.2 Å². The summed E-state index contributed by atoms with van der Waals surface area (Å²) < 4.78 is 21.7.